The summed E-state index contributed by atoms with van der Waals surface area (Å²) in [5.74, 6) is -0.673. The molecule has 0 N–H and O–H groups in total. The Morgan fingerprint density at radius 1 is 0.792 bits per heavy atom. The predicted octanol–water partition coefficient (Wildman–Crippen LogP) is 3.44. The Hall–Kier alpha value is -3.27. The summed E-state index contributed by atoms with van der Waals surface area (Å²) in [6, 6.07) is 14.0. The number of ether oxygens (including phenoxy) is 1. The van der Waals surface area contributed by atoms with Gasteiger partial charge in [-0.25, -0.2) is 0 Å². The maximum Gasteiger partial charge on any atom is 0.308 e. The molecule has 2 aliphatic rings. The lowest BCUT2D eigenvalue weighted by atomic mass is 9.98. The zero-order valence-corrected chi connectivity index (χ0v) is 12.8. The number of esters is 1. The molecule has 116 valence electrons. The van der Waals surface area contributed by atoms with Gasteiger partial charge in [-0.3, -0.25) is 14.4 Å². The third kappa shape index (κ3) is 1.97. The van der Waals surface area contributed by atoms with E-state index in [0.29, 0.717) is 28.0 Å². The van der Waals surface area contributed by atoms with Crippen LogP contribution in [0, 0.1) is 0 Å². The quantitative estimate of drug-likeness (QED) is 0.459. The Balaban J connectivity index is 1.95. The van der Waals surface area contributed by atoms with Crippen molar-refractivity contribution < 1.29 is 19.1 Å². The van der Waals surface area contributed by atoms with Gasteiger partial charge in [-0.2, -0.15) is 0 Å². The van der Waals surface area contributed by atoms with Crippen LogP contribution in [0.5, 0.6) is 0 Å². The van der Waals surface area contributed by atoms with Crippen molar-refractivity contribution in [1.29, 1.82) is 0 Å². The highest BCUT2D eigenvalue weighted by atomic mass is 16.5. The van der Waals surface area contributed by atoms with Gasteiger partial charge in [0.05, 0.1) is 5.57 Å². The molecule has 4 rings (SSSR count). The lowest BCUT2D eigenvalue weighted by Crippen LogP contribution is -2.03. The molecular weight excluding hydrogens is 304 g/mol. The highest BCUT2D eigenvalue weighted by molar-refractivity contribution is 6.43. The minimum Gasteiger partial charge on any atom is -0.426 e. The second kappa shape index (κ2) is 5.13. The standard InChI is InChI=1S/C20H12O4/c1-11(21)24-17-10-16(12-6-2-3-7-13(12)17)18-19(22)14-8-4-5-9-15(14)20(18)23/h2-10H,1H3. The molecule has 0 aliphatic heterocycles. The first-order chi connectivity index (χ1) is 11.6. The molecule has 24 heavy (non-hydrogen) atoms. The van der Waals surface area contributed by atoms with Crippen LogP contribution in [0.1, 0.15) is 38.8 Å². The van der Waals surface area contributed by atoms with Gasteiger partial charge < -0.3 is 4.74 Å². The van der Waals surface area contributed by atoms with E-state index in [4.69, 9.17) is 4.74 Å². The maximum absolute atomic E-state index is 12.7. The molecular formula is C20H12O4. The maximum atomic E-state index is 12.7. The predicted molar refractivity (Wildman–Crippen MR) is 88.2 cm³/mol. The number of benzene rings is 2. The van der Waals surface area contributed by atoms with Crippen molar-refractivity contribution in [2.24, 2.45) is 0 Å². The van der Waals surface area contributed by atoms with Crippen molar-refractivity contribution in [3.8, 4) is 0 Å². The van der Waals surface area contributed by atoms with E-state index < -0.39 is 5.97 Å². The smallest absolute Gasteiger partial charge is 0.308 e. The van der Waals surface area contributed by atoms with Gasteiger partial charge in [0.25, 0.3) is 0 Å². The molecule has 0 bridgehead atoms. The van der Waals surface area contributed by atoms with Crippen molar-refractivity contribution in [1.82, 2.24) is 0 Å². The van der Waals surface area contributed by atoms with E-state index in [1.165, 1.54) is 6.92 Å². The average Bonchev–Trinajstić information content (AvgIpc) is 3.04. The lowest BCUT2D eigenvalue weighted by Gasteiger charge is -2.05. The minimum atomic E-state index is -0.449. The SMILES string of the molecule is CC(=O)OC1=CC(=C2C(=O)c3ccccc3C2=O)c2ccccc21. The first-order valence-corrected chi connectivity index (χ1v) is 7.50. The number of carbonyl (C=O) groups excluding carboxylic acids is 3. The fourth-order valence-corrected chi connectivity index (χ4v) is 3.16. The number of carbonyl (C=O) groups is 3. The number of hydrogen-bond acceptors (Lipinski definition) is 4. The van der Waals surface area contributed by atoms with Crippen LogP contribution in [0.2, 0.25) is 0 Å². The largest absolute Gasteiger partial charge is 0.426 e. The number of fused-ring (bicyclic) bond motifs is 2. The Morgan fingerprint density at radius 3 is 1.83 bits per heavy atom. The molecule has 0 fully saturated rings. The van der Waals surface area contributed by atoms with Crippen LogP contribution < -0.4 is 0 Å². The van der Waals surface area contributed by atoms with Gasteiger partial charge in [-0.05, 0) is 11.6 Å². The van der Waals surface area contributed by atoms with Gasteiger partial charge in [-0.15, -0.1) is 0 Å². The number of allylic oxidation sites excluding steroid dienone is 3. The summed E-state index contributed by atoms with van der Waals surface area (Å²) in [6.07, 6.45) is 1.60. The molecule has 0 aromatic heterocycles. The van der Waals surface area contributed by atoms with Crippen LogP contribution in [-0.2, 0) is 9.53 Å². The van der Waals surface area contributed by atoms with E-state index >= 15 is 0 Å². The normalized spacial score (nSPS) is 15.3. The van der Waals surface area contributed by atoms with E-state index in [1.54, 1.807) is 36.4 Å². The first kappa shape index (κ1) is 14.3. The van der Waals surface area contributed by atoms with Gasteiger partial charge in [0, 0.05) is 29.2 Å². The number of hydrogen-bond donors (Lipinski definition) is 0. The molecule has 0 amide bonds. The second-order valence-electron chi connectivity index (χ2n) is 5.64. The number of ketones is 2. The summed E-state index contributed by atoms with van der Waals surface area (Å²) in [5.41, 5.74) is 2.89. The highest BCUT2D eigenvalue weighted by Gasteiger charge is 2.37. The number of Topliss-reactive ketones (excluding diaryl/α,β-unsaturated/α-hetero) is 2. The summed E-state index contributed by atoms with van der Waals surface area (Å²) in [6.45, 7) is 1.32. The van der Waals surface area contributed by atoms with E-state index in [0.717, 1.165) is 5.56 Å². The van der Waals surface area contributed by atoms with Crippen molar-refractivity contribution >= 4 is 28.9 Å². The molecule has 4 heteroatoms. The molecule has 0 saturated carbocycles. The van der Waals surface area contributed by atoms with Crippen molar-refractivity contribution in [3.05, 3.63) is 82.4 Å². The molecule has 2 aliphatic carbocycles. The topological polar surface area (TPSA) is 60.4 Å². The van der Waals surface area contributed by atoms with Crippen molar-refractivity contribution in [3.63, 3.8) is 0 Å². The number of rotatable bonds is 1. The van der Waals surface area contributed by atoms with Crippen LogP contribution >= 0.6 is 0 Å². The van der Waals surface area contributed by atoms with Crippen LogP contribution in [0.3, 0.4) is 0 Å². The molecule has 0 unspecified atom stereocenters. The van der Waals surface area contributed by atoms with Crippen LogP contribution in [0.15, 0.2) is 60.2 Å². The van der Waals surface area contributed by atoms with Gasteiger partial charge >= 0.3 is 5.97 Å². The monoisotopic (exact) mass is 316 g/mol. The van der Waals surface area contributed by atoms with Crippen LogP contribution in [0.25, 0.3) is 11.3 Å². The van der Waals surface area contributed by atoms with Gasteiger partial charge in [-0.1, -0.05) is 48.5 Å². The first-order valence-electron chi connectivity index (χ1n) is 7.50. The van der Waals surface area contributed by atoms with Gasteiger partial charge in [0.2, 0.25) is 0 Å². The van der Waals surface area contributed by atoms with E-state index in [-0.39, 0.29) is 17.1 Å². The van der Waals surface area contributed by atoms with E-state index in [1.807, 2.05) is 18.2 Å². The molecule has 0 saturated heterocycles. The third-order valence-electron chi connectivity index (χ3n) is 4.15. The molecule has 2 aromatic rings. The zero-order chi connectivity index (χ0) is 16.8. The second-order valence-corrected chi connectivity index (χ2v) is 5.64. The third-order valence-corrected chi connectivity index (χ3v) is 4.15. The molecule has 2 aromatic carbocycles. The molecule has 0 radical (unpaired) electrons. The molecule has 0 heterocycles. The summed E-state index contributed by atoms with van der Waals surface area (Å²) in [4.78, 5) is 36.8. The van der Waals surface area contributed by atoms with Crippen LogP contribution in [-0.4, -0.2) is 17.5 Å². The Bertz CT molecular complexity index is 955. The van der Waals surface area contributed by atoms with Crippen molar-refractivity contribution in [2.75, 3.05) is 0 Å². The Kier molecular flexibility index (Phi) is 3.06. The van der Waals surface area contributed by atoms with E-state index in [2.05, 4.69) is 0 Å². The molecule has 0 spiro atoms. The average molecular weight is 316 g/mol. The molecule has 4 nitrogen and oxygen atoms in total. The summed E-state index contributed by atoms with van der Waals surface area (Å²) in [7, 11) is 0. The fourth-order valence-electron chi connectivity index (χ4n) is 3.16. The van der Waals surface area contributed by atoms with Gasteiger partial charge in [0.1, 0.15) is 5.76 Å². The fraction of sp³-hybridized carbons (Fsp3) is 0.0500. The lowest BCUT2D eigenvalue weighted by molar-refractivity contribution is -0.134. The highest BCUT2D eigenvalue weighted by Crippen LogP contribution is 2.41. The van der Waals surface area contributed by atoms with Gasteiger partial charge in [0.15, 0.2) is 11.6 Å². The van der Waals surface area contributed by atoms with E-state index in [9.17, 15) is 14.4 Å². The zero-order valence-electron chi connectivity index (χ0n) is 12.8. The van der Waals surface area contributed by atoms with Crippen LogP contribution in [0.4, 0.5) is 0 Å². The van der Waals surface area contributed by atoms with Crippen molar-refractivity contribution in [2.45, 2.75) is 6.92 Å². The Morgan fingerprint density at radius 2 is 1.29 bits per heavy atom. The summed E-state index contributed by atoms with van der Waals surface area (Å²) in [5, 5.41) is 0. The Labute approximate surface area is 138 Å². The summed E-state index contributed by atoms with van der Waals surface area (Å²) >= 11 is 0. The summed E-state index contributed by atoms with van der Waals surface area (Å²) < 4.78 is 5.24. The minimum absolute atomic E-state index is 0.130. The molecule has 0 atom stereocenters.